The number of rotatable bonds is 2. The topological polar surface area (TPSA) is 71.8 Å². The van der Waals surface area contributed by atoms with Crippen molar-refractivity contribution >= 4 is 15.9 Å². The zero-order chi connectivity index (χ0) is 13.2. The van der Waals surface area contributed by atoms with Gasteiger partial charge in [0.25, 0.3) is 11.4 Å². The lowest BCUT2D eigenvalue weighted by atomic mass is 10.2. The largest absolute Gasteiger partial charge is 0.333 e. The van der Waals surface area contributed by atoms with Gasteiger partial charge in [0, 0.05) is 16.2 Å². The zero-order valence-corrected chi connectivity index (χ0v) is 11.2. The van der Waals surface area contributed by atoms with Crippen molar-refractivity contribution in [2.75, 3.05) is 0 Å². The summed E-state index contributed by atoms with van der Waals surface area (Å²) < 4.78 is 6.00. The number of aromatic amines is 1. The van der Waals surface area contributed by atoms with Crippen molar-refractivity contribution in [3.8, 4) is 22.8 Å². The van der Waals surface area contributed by atoms with E-state index in [2.05, 4.69) is 31.1 Å². The molecule has 0 aliphatic rings. The first-order chi connectivity index (χ1) is 9.25. The number of nitrogens with one attached hydrogen (secondary N) is 1. The molecule has 0 spiro atoms. The van der Waals surface area contributed by atoms with Gasteiger partial charge >= 0.3 is 0 Å². The van der Waals surface area contributed by atoms with Crippen LogP contribution < -0.4 is 5.56 Å². The molecule has 3 aromatic rings. The molecule has 0 aliphatic heterocycles. The molecule has 0 fully saturated rings. The van der Waals surface area contributed by atoms with Gasteiger partial charge in [-0.1, -0.05) is 33.2 Å². The molecule has 0 amide bonds. The van der Waals surface area contributed by atoms with E-state index in [0.29, 0.717) is 11.4 Å². The van der Waals surface area contributed by atoms with Crippen LogP contribution in [0.15, 0.2) is 56.4 Å². The highest BCUT2D eigenvalue weighted by atomic mass is 79.9. The van der Waals surface area contributed by atoms with Crippen molar-refractivity contribution in [3.05, 3.63) is 57.4 Å². The van der Waals surface area contributed by atoms with Crippen molar-refractivity contribution < 1.29 is 4.52 Å². The summed E-state index contributed by atoms with van der Waals surface area (Å²) in [5, 5.41) is 3.90. The molecule has 6 heteroatoms. The minimum atomic E-state index is -0.259. The maximum atomic E-state index is 11.6. The highest BCUT2D eigenvalue weighted by Crippen LogP contribution is 2.26. The predicted molar refractivity (Wildman–Crippen MR) is 73.5 cm³/mol. The van der Waals surface area contributed by atoms with Crippen LogP contribution in [0, 0.1) is 0 Å². The predicted octanol–water partition coefficient (Wildman–Crippen LogP) is 2.85. The summed E-state index contributed by atoms with van der Waals surface area (Å²) in [7, 11) is 0. The van der Waals surface area contributed by atoms with Crippen molar-refractivity contribution in [3.63, 3.8) is 0 Å². The summed E-state index contributed by atoms with van der Waals surface area (Å²) in [6.07, 6.45) is 1.55. The second-order valence-corrected chi connectivity index (χ2v) is 4.67. The molecule has 0 saturated heterocycles. The van der Waals surface area contributed by atoms with E-state index < -0.39 is 0 Å². The molecular formula is C13H8BrN3O2. The molecule has 3 rings (SSSR count). The third-order valence-electron chi connectivity index (χ3n) is 2.59. The first-order valence-electron chi connectivity index (χ1n) is 5.52. The van der Waals surface area contributed by atoms with E-state index in [1.807, 2.05) is 24.3 Å². The van der Waals surface area contributed by atoms with Gasteiger partial charge in [0.05, 0.1) is 0 Å². The van der Waals surface area contributed by atoms with Crippen molar-refractivity contribution in [1.29, 1.82) is 0 Å². The lowest BCUT2D eigenvalue weighted by Gasteiger charge is -1.96. The fourth-order valence-corrected chi connectivity index (χ4v) is 2.14. The molecular weight excluding hydrogens is 310 g/mol. The lowest BCUT2D eigenvalue weighted by molar-refractivity contribution is 0.432. The minimum absolute atomic E-state index is 0.201. The van der Waals surface area contributed by atoms with Crippen LogP contribution in [-0.4, -0.2) is 15.1 Å². The first-order valence-corrected chi connectivity index (χ1v) is 6.31. The second kappa shape index (κ2) is 4.81. The Bertz CT molecular complexity index is 779. The highest BCUT2D eigenvalue weighted by molar-refractivity contribution is 9.10. The SMILES string of the molecule is O=c1[nH]cccc1-c1nc(-c2ccccc2Br)no1. The number of hydrogen-bond acceptors (Lipinski definition) is 4. The number of aromatic nitrogens is 3. The molecule has 1 aromatic carbocycles. The Morgan fingerprint density at radius 2 is 1.89 bits per heavy atom. The third-order valence-corrected chi connectivity index (χ3v) is 3.28. The summed E-state index contributed by atoms with van der Waals surface area (Å²) in [6, 6.07) is 10.9. The number of pyridine rings is 1. The molecule has 19 heavy (non-hydrogen) atoms. The van der Waals surface area contributed by atoms with Gasteiger partial charge < -0.3 is 9.51 Å². The quantitative estimate of drug-likeness (QED) is 0.788. The summed E-state index contributed by atoms with van der Waals surface area (Å²) in [5.74, 6) is 0.637. The molecule has 94 valence electrons. The fraction of sp³-hybridized carbons (Fsp3) is 0. The van der Waals surface area contributed by atoms with Gasteiger partial charge in [-0.25, -0.2) is 0 Å². The molecule has 2 heterocycles. The number of halogens is 1. The Hall–Kier alpha value is -2.21. The van der Waals surface area contributed by atoms with Crippen molar-refractivity contribution in [2.45, 2.75) is 0 Å². The van der Waals surface area contributed by atoms with E-state index in [0.717, 1.165) is 10.0 Å². The Morgan fingerprint density at radius 1 is 1.11 bits per heavy atom. The molecule has 1 N–H and O–H groups in total. The molecule has 0 atom stereocenters. The van der Waals surface area contributed by atoms with Gasteiger partial charge in [-0.3, -0.25) is 4.79 Å². The number of nitrogens with zero attached hydrogens (tertiary/aromatic N) is 2. The van der Waals surface area contributed by atoms with Gasteiger partial charge in [-0.05, 0) is 24.3 Å². The normalized spacial score (nSPS) is 10.6. The van der Waals surface area contributed by atoms with Crippen molar-refractivity contribution in [2.24, 2.45) is 0 Å². The monoisotopic (exact) mass is 317 g/mol. The fourth-order valence-electron chi connectivity index (χ4n) is 1.67. The smallest absolute Gasteiger partial charge is 0.263 e. The average molecular weight is 318 g/mol. The van der Waals surface area contributed by atoms with E-state index in [4.69, 9.17) is 4.52 Å². The van der Waals surface area contributed by atoms with Gasteiger partial charge in [-0.2, -0.15) is 4.98 Å². The Labute approximate surface area is 116 Å². The van der Waals surface area contributed by atoms with E-state index in [-0.39, 0.29) is 11.4 Å². The lowest BCUT2D eigenvalue weighted by Crippen LogP contribution is -2.06. The van der Waals surface area contributed by atoms with Crippen LogP contribution in [0.5, 0.6) is 0 Å². The van der Waals surface area contributed by atoms with Crippen molar-refractivity contribution in [1.82, 2.24) is 15.1 Å². The molecule has 5 nitrogen and oxygen atoms in total. The van der Waals surface area contributed by atoms with Crippen LogP contribution in [0.25, 0.3) is 22.8 Å². The number of hydrogen-bond donors (Lipinski definition) is 1. The Kier molecular flexibility index (Phi) is 3.00. The molecule has 0 radical (unpaired) electrons. The maximum absolute atomic E-state index is 11.6. The highest BCUT2D eigenvalue weighted by Gasteiger charge is 2.14. The summed E-state index contributed by atoms with van der Waals surface area (Å²) in [4.78, 5) is 18.5. The molecule has 2 aromatic heterocycles. The third kappa shape index (κ3) is 2.22. The molecule has 0 aliphatic carbocycles. The van der Waals surface area contributed by atoms with Crippen LogP contribution in [0.3, 0.4) is 0 Å². The molecule has 0 unspecified atom stereocenters. The van der Waals surface area contributed by atoms with E-state index in [1.54, 1.807) is 18.3 Å². The summed E-state index contributed by atoms with van der Waals surface area (Å²) in [6.45, 7) is 0. The number of H-pyrrole nitrogens is 1. The Morgan fingerprint density at radius 3 is 2.68 bits per heavy atom. The standard InChI is InChI=1S/C13H8BrN3O2/c14-10-6-2-1-4-8(10)11-16-13(19-17-11)9-5-3-7-15-12(9)18/h1-7H,(H,15,18). The average Bonchev–Trinajstić information content (AvgIpc) is 2.89. The number of benzene rings is 1. The van der Waals surface area contributed by atoms with Crippen LogP contribution in [0.2, 0.25) is 0 Å². The molecule has 0 bridgehead atoms. The Balaban J connectivity index is 2.08. The van der Waals surface area contributed by atoms with Gasteiger partial charge in [-0.15, -0.1) is 0 Å². The van der Waals surface area contributed by atoms with Gasteiger partial charge in [0.15, 0.2) is 0 Å². The second-order valence-electron chi connectivity index (χ2n) is 3.82. The van der Waals surface area contributed by atoms with Gasteiger partial charge in [0.1, 0.15) is 5.56 Å². The van der Waals surface area contributed by atoms with Crippen LogP contribution in [-0.2, 0) is 0 Å². The van der Waals surface area contributed by atoms with Gasteiger partial charge in [0.2, 0.25) is 5.82 Å². The van der Waals surface area contributed by atoms with Crippen LogP contribution in [0.1, 0.15) is 0 Å². The zero-order valence-electron chi connectivity index (χ0n) is 9.63. The van der Waals surface area contributed by atoms with E-state index in [9.17, 15) is 4.79 Å². The minimum Gasteiger partial charge on any atom is -0.333 e. The summed E-state index contributed by atoms with van der Waals surface area (Å²) >= 11 is 3.42. The van der Waals surface area contributed by atoms with Crippen LogP contribution in [0.4, 0.5) is 0 Å². The maximum Gasteiger partial charge on any atom is 0.263 e. The first kappa shape index (κ1) is 11.9. The molecule has 0 saturated carbocycles. The summed E-state index contributed by atoms with van der Waals surface area (Å²) in [5.41, 5.74) is 0.906. The van der Waals surface area contributed by atoms with E-state index >= 15 is 0 Å². The van der Waals surface area contributed by atoms with Crippen LogP contribution >= 0.6 is 15.9 Å². The van der Waals surface area contributed by atoms with E-state index in [1.165, 1.54) is 0 Å².